The van der Waals surface area contributed by atoms with Gasteiger partial charge in [0, 0.05) is 48.7 Å². The summed E-state index contributed by atoms with van der Waals surface area (Å²) in [5, 5.41) is 6.97. The molecule has 196 valence electrons. The third-order valence-corrected chi connectivity index (χ3v) is 6.79. The lowest BCUT2D eigenvalue weighted by atomic mass is 9.97. The van der Waals surface area contributed by atoms with Gasteiger partial charge in [0.15, 0.2) is 11.5 Å². The average Bonchev–Trinajstić information content (AvgIpc) is 2.93. The normalized spacial score (nSPS) is 15.2. The van der Waals surface area contributed by atoms with Crippen LogP contribution in [0.5, 0.6) is 17.2 Å². The van der Waals surface area contributed by atoms with Crippen LogP contribution < -0.4 is 29.7 Å². The molecular weight excluding hydrogens is 494 g/mol. The van der Waals surface area contributed by atoms with E-state index in [0.717, 1.165) is 36.3 Å². The second kappa shape index (κ2) is 12.0. The van der Waals surface area contributed by atoms with Crippen molar-refractivity contribution in [2.45, 2.75) is 26.3 Å². The quantitative estimate of drug-likeness (QED) is 0.413. The number of piperidine rings is 1. The molecule has 4 rings (SSSR count). The number of hydrogen-bond acceptors (Lipinski definition) is 8. The fraction of sp³-hybridized carbons (Fsp3) is 0.370. The van der Waals surface area contributed by atoms with Crippen LogP contribution in [0.4, 0.5) is 17.5 Å². The van der Waals surface area contributed by atoms with Crippen molar-refractivity contribution < 1.29 is 19.0 Å². The van der Waals surface area contributed by atoms with Gasteiger partial charge in [-0.05, 0) is 43.0 Å². The smallest absolute Gasteiger partial charge is 0.229 e. The Morgan fingerprint density at radius 1 is 1.11 bits per heavy atom. The highest BCUT2D eigenvalue weighted by molar-refractivity contribution is 6.31. The summed E-state index contributed by atoms with van der Waals surface area (Å²) in [4.78, 5) is 24.1. The summed E-state index contributed by atoms with van der Waals surface area (Å²) >= 11 is 6.22. The van der Waals surface area contributed by atoms with Crippen LogP contribution in [-0.4, -0.2) is 50.3 Å². The minimum atomic E-state index is -0.129. The van der Waals surface area contributed by atoms with Crippen molar-refractivity contribution in [3.05, 3.63) is 58.7 Å². The first-order valence-electron chi connectivity index (χ1n) is 12.1. The van der Waals surface area contributed by atoms with Crippen LogP contribution in [0.2, 0.25) is 5.02 Å². The van der Waals surface area contributed by atoms with Gasteiger partial charge in [0.05, 0.1) is 27.2 Å². The zero-order valence-electron chi connectivity index (χ0n) is 21.5. The molecule has 10 heteroatoms. The summed E-state index contributed by atoms with van der Waals surface area (Å²) in [6.07, 6.45) is 3.43. The Balaban J connectivity index is 1.42. The Bertz CT molecular complexity index is 1230. The van der Waals surface area contributed by atoms with Crippen molar-refractivity contribution >= 4 is 35.0 Å². The van der Waals surface area contributed by atoms with Crippen molar-refractivity contribution in [1.82, 2.24) is 15.3 Å². The Hall–Kier alpha value is -3.72. The second-order valence-corrected chi connectivity index (χ2v) is 9.27. The Labute approximate surface area is 222 Å². The molecule has 2 heterocycles. The van der Waals surface area contributed by atoms with Crippen LogP contribution in [0.3, 0.4) is 0 Å². The molecule has 3 aromatic rings. The van der Waals surface area contributed by atoms with Gasteiger partial charge < -0.3 is 29.7 Å². The minimum absolute atomic E-state index is 0.0335. The lowest BCUT2D eigenvalue weighted by Gasteiger charge is -2.33. The van der Waals surface area contributed by atoms with E-state index in [9.17, 15) is 4.79 Å². The fourth-order valence-corrected chi connectivity index (χ4v) is 4.55. The highest BCUT2D eigenvalue weighted by Crippen LogP contribution is 2.40. The highest BCUT2D eigenvalue weighted by Gasteiger charge is 2.26. The number of ether oxygens (including phenoxy) is 3. The van der Waals surface area contributed by atoms with E-state index in [-0.39, 0.29) is 11.8 Å². The Kier molecular flexibility index (Phi) is 8.55. The maximum Gasteiger partial charge on any atom is 0.229 e. The summed E-state index contributed by atoms with van der Waals surface area (Å²) in [5.41, 5.74) is 2.69. The Morgan fingerprint density at radius 2 is 1.86 bits per heavy atom. The number of benzene rings is 2. The van der Waals surface area contributed by atoms with Crippen LogP contribution in [0.25, 0.3) is 0 Å². The maximum absolute atomic E-state index is 12.9. The predicted molar refractivity (Wildman–Crippen MR) is 144 cm³/mol. The summed E-state index contributed by atoms with van der Waals surface area (Å²) in [5.74, 6) is 2.65. The predicted octanol–water partition coefficient (Wildman–Crippen LogP) is 4.74. The first-order valence-corrected chi connectivity index (χ1v) is 12.5. The topological polar surface area (TPSA) is 97.8 Å². The number of carbonyl (C=O) groups excluding carboxylic acids is 1. The molecule has 1 saturated heterocycles. The highest BCUT2D eigenvalue weighted by atomic mass is 35.5. The van der Waals surface area contributed by atoms with Gasteiger partial charge in [0.25, 0.3) is 0 Å². The van der Waals surface area contributed by atoms with Crippen molar-refractivity contribution in [3.8, 4) is 17.2 Å². The average molecular weight is 526 g/mol. The van der Waals surface area contributed by atoms with E-state index in [0.29, 0.717) is 47.0 Å². The number of amides is 1. The van der Waals surface area contributed by atoms with Crippen LogP contribution in [0.15, 0.2) is 42.6 Å². The molecule has 2 aromatic carbocycles. The number of halogens is 1. The molecule has 1 aliphatic rings. The van der Waals surface area contributed by atoms with Crippen LogP contribution in [-0.2, 0) is 11.3 Å². The van der Waals surface area contributed by atoms with Crippen LogP contribution >= 0.6 is 11.6 Å². The lowest BCUT2D eigenvalue weighted by Crippen LogP contribution is -2.43. The van der Waals surface area contributed by atoms with Crippen molar-refractivity contribution in [2.24, 2.45) is 5.92 Å². The number of rotatable bonds is 9. The summed E-state index contributed by atoms with van der Waals surface area (Å²) in [7, 11) is 4.69. The molecule has 0 bridgehead atoms. The van der Waals surface area contributed by atoms with E-state index >= 15 is 0 Å². The molecule has 0 saturated carbocycles. The van der Waals surface area contributed by atoms with Gasteiger partial charge in [-0.3, -0.25) is 4.79 Å². The number of anilines is 3. The standard InChI is InChI=1S/C27H32ClN5O4/c1-17-7-8-18(12-21(17)28)15-30-26(34)19-6-5-11-33(16-19)24-9-10-29-27(32-24)31-20-13-22(35-2)25(37-4)23(14-20)36-3/h7-10,12-14,19H,5-6,11,15-16H2,1-4H3,(H,30,34)(H,29,31,32). The number of nitrogens with zero attached hydrogens (tertiary/aromatic N) is 3. The van der Waals surface area contributed by atoms with E-state index in [1.165, 1.54) is 0 Å². The monoisotopic (exact) mass is 525 g/mol. The number of nitrogens with one attached hydrogen (secondary N) is 2. The number of methoxy groups -OCH3 is 3. The molecule has 1 aromatic heterocycles. The summed E-state index contributed by atoms with van der Waals surface area (Å²) in [6.45, 7) is 3.81. The zero-order valence-corrected chi connectivity index (χ0v) is 22.3. The molecule has 0 aliphatic carbocycles. The number of carbonyl (C=O) groups is 1. The van der Waals surface area contributed by atoms with Crippen LogP contribution in [0, 0.1) is 12.8 Å². The molecular formula is C27H32ClN5O4. The molecule has 9 nitrogen and oxygen atoms in total. The Morgan fingerprint density at radius 3 is 2.54 bits per heavy atom. The van der Waals surface area contributed by atoms with E-state index in [1.54, 1.807) is 39.7 Å². The first kappa shape index (κ1) is 26.3. The molecule has 2 N–H and O–H groups in total. The number of aromatic nitrogens is 2. The lowest BCUT2D eigenvalue weighted by molar-refractivity contribution is -0.125. The van der Waals surface area contributed by atoms with Crippen molar-refractivity contribution in [3.63, 3.8) is 0 Å². The summed E-state index contributed by atoms with van der Waals surface area (Å²) in [6, 6.07) is 11.3. The van der Waals surface area contributed by atoms with Crippen LogP contribution in [0.1, 0.15) is 24.0 Å². The number of hydrogen-bond donors (Lipinski definition) is 2. The molecule has 0 spiro atoms. The van der Waals surface area contributed by atoms with Gasteiger partial charge in [-0.2, -0.15) is 4.98 Å². The van der Waals surface area contributed by atoms with Gasteiger partial charge in [-0.15, -0.1) is 0 Å². The fourth-order valence-electron chi connectivity index (χ4n) is 4.35. The van der Waals surface area contributed by atoms with Crippen molar-refractivity contribution in [2.75, 3.05) is 44.6 Å². The van der Waals surface area contributed by atoms with E-state index in [4.69, 9.17) is 30.8 Å². The van der Waals surface area contributed by atoms with E-state index in [2.05, 4.69) is 20.5 Å². The van der Waals surface area contributed by atoms with Gasteiger partial charge in [-0.25, -0.2) is 4.98 Å². The molecule has 0 radical (unpaired) electrons. The third kappa shape index (κ3) is 6.35. The molecule has 1 atom stereocenters. The SMILES string of the molecule is COc1cc(Nc2nccc(N3CCCC(C(=O)NCc4ccc(C)c(Cl)c4)C3)n2)cc(OC)c1OC. The molecule has 1 aliphatic heterocycles. The van der Waals surface area contributed by atoms with Gasteiger partial charge in [-0.1, -0.05) is 23.7 Å². The molecule has 1 fully saturated rings. The van der Waals surface area contributed by atoms with Gasteiger partial charge in [0.1, 0.15) is 5.82 Å². The third-order valence-electron chi connectivity index (χ3n) is 6.38. The minimum Gasteiger partial charge on any atom is -0.493 e. The van der Waals surface area contributed by atoms with Gasteiger partial charge in [0.2, 0.25) is 17.6 Å². The van der Waals surface area contributed by atoms with E-state index in [1.807, 2.05) is 31.2 Å². The maximum atomic E-state index is 12.9. The van der Waals surface area contributed by atoms with Gasteiger partial charge >= 0.3 is 0 Å². The molecule has 37 heavy (non-hydrogen) atoms. The second-order valence-electron chi connectivity index (χ2n) is 8.86. The largest absolute Gasteiger partial charge is 0.493 e. The number of aryl methyl sites for hydroxylation is 1. The first-order chi connectivity index (χ1) is 17.9. The zero-order chi connectivity index (χ0) is 26.4. The van der Waals surface area contributed by atoms with E-state index < -0.39 is 0 Å². The molecule has 1 amide bonds. The van der Waals surface area contributed by atoms with Crippen molar-refractivity contribution in [1.29, 1.82) is 0 Å². The summed E-state index contributed by atoms with van der Waals surface area (Å²) < 4.78 is 16.3. The molecule has 1 unspecified atom stereocenters.